The molecule has 0 saturated heterocycles. The molecule has 1 aliphatic carbocycles. The normalized spacial score (nSPS) is 12.3. The zero-order valence-corrected chi connectivity index (χ0v) is 18.4. The first kappa shape index (κ1) is 20.7. The van der Waals surface area contributed by atoms with Crippen LogP contribution in [-0.2, 0) is 12.8 Å². The van der Waals surface area contributed by atoms with E-state index in [0.29, 0.717) is 11.3 Å². The topological polar surface area (TPSA) is 58.2 Å². The van der Waals surface area contributed by atoms with Gasteiger partial charge in [-0.15, -0.1) is 0 Å². The summed E-state index contributed by atoms with van der Waals surface area (Å²) in [5.74, 6) is -0.0514. The summed E-state index contributed by atoms with van der Waals surface area (Å²) in [5.41, 5.74) is 7.88. The third-order valence-electron chi connectivity index (χ3n) is 5.96. The van der Waals surface area contributed by atoms with Gasteiger partial charge in [0.2, 0.25) is 0 Å². The van der Waals surface area contributed by atoms with E-state index in [1.807, 2.05) is 85.8 Å². The zero-order chi connectivity index (χ0) is 22.8. The van der Waals surface area contributed by atoms with Crippen LogP contribution >= 0.6 is 0 Å². The zero-order valence-electron chi connectivity index (χ0n) is 18.4. The van der Waals surface area contributed by atoms with E-state index in [2.05, 4.69) is 16.7 Å². The Kier molecular flexibility index (Phi) is 5.49. The second-order valence-electron chi connectivity index (χ2n) is 8.39. The van der Waals surface area contributed by atoms with E-state index in [0.717, 1.165) is 52.0 Å². The van der Waals surface area contributed by atoms with E-state index in [-0.39, 0.29) is 11.7 Å². The predicted molar refractivity (Wildman–Crippen MR) is 133 cm³/mol. The van der Waals surface area contributed by atoms with E-state index in [1.165, 1.54) is 0 Å². The number of fused-ring (bicyclic) bond motifs is 2. The van der Waals surface area contributed by atoms with Gasteiger partial charge in [-0.3, -0.25) is 9.59 Å². The maximum absolute atomic E-state index is 13.0. The van der Waals surface area contributed by atoms with Gasteiger partial charge in [0, 0.05) is 33.8 Å². The molecule has 4 heteroatoms. The van der Waals surface area contributed by atoms with Crippen molar-refractivity contribution in [2.45, 2.75) is 19.8 Å². The number of carbonyl (C=O) groups excluding carboxylic acids is 2. The van der Waals surface area contributed by atoms with E-state index in [4.69, 9.17) is 0 Å². The molecule has 0 fully saturated rings. The Balaban J connectivity index is 1.34. The van der Waals surface area contributed by atoms with Crippen LogP contribution in [-0.4, -0.2) is 11.7 Å². The van der Waals surface area contributed by atoms with Crippen molar-refractivity contribution >= 4 is 28.8 Å². The molecule has 0 bridgehead atoms. The van der Waals surface area contributed by atoms with Crippen molar-refractivity contribution in [1.82, 2.24) is 0 Å². The number of nitrogens with one attached hydrogen (secondary N) is 2. The van der Waals surface area contributed by atoms with Crippen LogP contribution < -0.4 is 10.6 Å². The van der Waals surface area contributed by atoms with Crippen LogP contribution in [0.5, 0.6) is 0 Å². The van der Waals surface area contributed by atoms with Crippen LogP contribution in [0.25, 0.3) is 0 Å². The molecule has 0 heterocycles. The quantitative estimate of drug-likeness (QED) is 0.397. The predicted octanol–water partition coefficient (Wildman–Crippen LogP) is 6.32. The molecular weight excluding hydrogens is 408 g/mol. The molecule has 2 N–H and O–H groups in total. The lowest BCUT2D eigenvalue weighted by atomic mass is 9.98. The lowest BCUT2D eigenvalue weighted by Gasteiger charge is -2.12. The van der Waals surface area contributed by atoms with Crippen LogP contribution in [0.3, 0.4) is 0 Å². The van der Waals surface area contributed by atoms with Gasteiger partial charge in [-0.25, -0.2) is 0 Å². The largest absolute Gasteiger partial charge is 0.355 e. The van der Waals surface area contributed by atoms with Gasteiger partial charge in [0.05, 0.1) is 0 Å². The van der Waals surface area contributed by atoms with Gasteiger partial charge < -0.3 is 10.6 Å². The number of hydrogen-bond acceptors (Lipinski definition) is 3. The molecule has 0 radical (unpaired) electrons. The minimum atomic E-state index is -0.140. The minimum Gasteiger partial charge on any atom is -0.355 e. The second kappa shape index (κ2) is 8.75. The third-order valence-corrected chi connectivity index (χ3v) is 5.96. The Morgan fingerprint density at radius 3 is 2.30 bits per heavy atom. The van der Waals surface area contributed by atoms with Gasteiger partial charge in [0.25, 0.3) is 5.91 Å². The summed E-state index contributed by atoms with van der Waals surface area (Å²) in [4.78, 5) is 25.6. The smallest absolute Gasteiger partial charge is 0.255 e. The van der Waals surface area contributed by atoms with Crippen molar-refractivity contribution in [3.63, 3.8) is 0 Å². The van der Waals surface area contributed by atoms with Gasteiger partial charge in [-0.2, -0.15) is 0 Å². The van der Waals surface area contributed by atoms with E-state index in [1.54, 1.807) is 6.07 Å². The van der Waals surface area contributed by atoms with Crippen LogP contribution in [0.2, 0.25) is 0 Å². The molecule has 1 aliphatic rings. The summed E-state index contributed by atoms with van der Waals surface area (Å²) < 4.78 is 0. The Morgan fingerprint density at radius 1 is 0.697 bits per heavy atom. The fourth-order valence-corrected chi connectivity index (χ4v) is 4.31. The summed E-state index contributed by atoms with van der Waals surface area (Å²) >= 11 is 0. The van der Waals surface area contributed by atoms with Gasteiger partial charge >= 0.3 is 0 Å². The van der Waals surface area contributed by atoms with Crippen LogP contribution in [0.1, 0.15) is 43.0 Å². The van der Waals surface area contributed by atoms with Crippen LogP contribution in [0.15, 0.2) is 91.0 Å². The van der Waals surface area contributed by atoms with E-state index < -0.39 is 0 Å². The van der Waals surface area contributed by atoms with Crippen molar-refractivity contribution in [3.8, 4) is 0 Å². The Hall–Kier alpha value is -4.18. The highest BCUT2D eigenvalue weighted by atomic mass is 16.1. The van der Waals surface area contributed by atoms with Crippen molar-refractivity contribution in [2.75, 3.05) is 10.6 Å². The molecule has 0 unspecified atom stereocenters. The highest BCUT2D eigenvalue weighted by molar-refractivity contribution is 6.11. The molecule has 33 heavy (non-hydrogen) atoms. The Morgan fingerprint density at radius 2 is 1.42 bits per heavy atom. The molecule has 162 valence electrons. The highest BCUT2D eigenvalue weighted by Crippen LogP contribution is 2.28. The molecule has 0 aromatic heterocycles. The summed E-state index contributed by atoms with van der Waals surface area (Å²) in [6, 6.07) is 28.9. The lowest BCUT2D eigenvalue weighted by molar-refractivity contribution is 0.102. The standard InChI is InChI=1S/C29H24N2O2/c1-19-6-4-8-22(16-19)29(33)31-24-10-5-9-23(18-24)30-25-14-15-27-21(17-25)13-12-20-7-2-3-11-26(20)28(27)32/h2-11,14-18,30H,12-13H2,1H3,(H,31,33). The fourth-order valence-electron chi connectivity index (χ4n) is 4.31. The highest BCUT2D eigenvalue weighted by Gasteiger charge is 2.21. The SMILES string of the molecule is Cc1cccc(C(=O)Nc2cccc(Nc3ccc4c(c3)CCc3ccccc3C4=O)c2)c1. The molecule has 5 rings (SSSR count). The van der Waals surface area contributed by atoms with Crippen molar-refractivity contribution in [2.24, 2.45) is 0 Å². The number of anilines is 3. The number of benzene rings is 4. The monoisotopic (exact) mass is 432 g/mol. The average Bonchev–Trinajstić information content (AvgIpc) is 2.96. The summed E-state index contributed by atoms with van der Waals surface area (Å²) in [7, 11) is 0. The molecular formula is C29H24N2O2. The average molecular weight is 433 g/mol. The molecule has 0 spiro atoms. The first-order valence-corrected chi connectivity index (χ1v) is 11.1. The van der Waals surface area contributed by atoms with Gasteiger partial charge in [0.1, 0.15) is 0 Å². The number of amides is 1. The third kappa shape index (κ3) is 4.41. The van der Waals surface area contributed by atoms with Crippen LogP contribution in [0.4, 0.5) is 17.1 Å². The molecule has 0 aliphatic heterocycles. The van der Waals surface area contributed by atoms with Crippen molar-refractivity contribution in [1.29, 1.82) is 0 Å². The fraction of sp³-hybridized carbons (Fsp3) is 0.103. The van der Waals surface area contributed by atoms with Gasteiger partial charge in [0.15, 0.2) is 5.78 Å². The molecule has 0 atom stereocenters. The summed E-state index contributed by atoms with van der Waals surface area (Å²) in [5, 5.41) is 6.37. The maximum Gasteiger partial charge on any atom is 0.255 e. The first-order chi connectivity index (χ1) is 16.1. The minimum absolute atomic E-state index is 0.0884. The maximum atomic E-state index is 13.0. The molecule has 4 nitrogen and oxygen atoms in total. The lowest BCUT2D eigenvalue weighted by Crippen LogP contribution is -2.12. The van der Waals surface area contributed by atoms with Crippen molar-refractivity contribution < 1.29 is 9.59 Å². The Labute approximate surface area is 193 Å². The van der Waals surface area contributed by atoms with Crippen LogP contribution in [0, 0.1) is 6.92 Å². The molecule has 1 amide bonds. The van der Waals surface area contributed by atoms with Gasteiger partial charge in [-0.05, 0) is 79.4 Å². The molecule has 4 aromatic rings. The van der Waals surface area contributed by atoms with Crippen molar-refractivity contribution in [3.05, 3.63) is 124 Å². The molecule has 0 saturated carbocycles. The second-order valence-corrected chi connectivity index (χ2v) is 8.39. The first-order valence-electron chi connectivity index (χ1n) is 11.1. The summed E-state index contributed by atoms with van der Waals surface area (Å²) in [6.45, 7) is 1.97. The number of aryl methyl sites for hydroxylation is 3. The molecule has 4 aromatic carbocycles. The number of hydrogen-bond donors (Lipinski definition) is 2. The van der Waals surface area contributed by atoms with Gasteiger partial charge in [-0.1, -0.05) is 48.0 Å². The Bertz CT molecular complexity index is 1370. The number of carbonyl (C=O) groups is 2. The number of ketones is 1. The summed E-state index contributed by atoms with van der Waals surface area (Å²) in [6.07, 6.45) is 1.67. The number of rotatable bonds is 4. The van der Waals surface area contributed by atoms with E-state index >= 15 is 0 Å². The van der Waals surface area contributed by atoms with E-state index in [9.17, 15) is 9.59 Å².